The molecule has 0 fully saturated rings. The Hall–Kier alpha value is -4.23. The molecule has 0 aliphatic carbocycles. The number of halogens is 1. The number of nitrogens with one attached hydrogen (secondary N) is 1. The second-order valence-electron chi connectivity index (χ2n) is 9.01. The first kappa shape index (κ1) is 23.2. The van der Waals surface area contributed by atoms with Crippen LogP contribution in [-0.2, 0) is 0 Å². The maximum Gasteiger partial charge on any atom is 0.274 e. The summed E-state index contributed by atoms with van der Waals surface area (Å²) in [5.74, 6) is 0.373. The molecule has 0 unspecified atom stereocenters. The van der Waals surface area contributed by atoms with Gasteiger partial charge in [-0.2, -0.15) is 5.10 Å². The lowest BCUT2D eigenvalue weighted by atomic mass is 9.92. The van der Waals surface area contributed by atoms with E-state index in [1.165, 1.54) is 5.01 Å². The number of pyridine rings is 1. The van der Waals surface area contributed by atoms with Crippen molar-refractivity contribution in [3.05, 3.63) is 128 Å². The fourth-order valence-corrected chi connectivity index (χ4v) is 5.29. The Morgan fingerprint density at radius 2 is 1.78 bits per heavy atom. The molecule has 3 heterocycles. The minimum atomic E-state index is -0.474. The van der Waals surface area contributed by atoms with Crippen LogP contribution in [0.4, 0.5) is 0 Å². The molecular weight excluding hydrogens is 530 g/mol. The van der Waals surface area contributed by atoms with Crippen molar-refractivity contribution in [2.24, 2.45) is 5.10 Å². The highest BCUT2D eigenvalue weighted by Crippen LogP contribution is 2.38. The number of rotatable bonds is 4. The summed E-state index contributed by atoms with van der Waals surface area (Å²) in [4.78, 5) is 30.4. The Morgan fingerprint density at radius 1 is 1.00 bits per heavy atom. The molecule has 0 saturated heterocycles. The van der Waals surface area contributed by atoms with E-state index >= 15 is 0 Å². The molecule has 1 aliphatic rings. The van der Waals surface area contributed by atoms with Crippen LogP contribution in [0.25, 0.3) is 22.0 Å². The van der Waals surface area contributed by atoms with E-state index in [1.54, 1.807) is 18.4 Å². The van der Waals surface area contributed by atoms with Crippen molar-refractivity contribution in [2.45, 2.75) is 19.4 Å². The number of benzene rings is 3. The highest BCUT2D eigenvalue weighted by molar-refractivity contribution is 9.10. The first-order valence-electron chi connectivity index (χ1n) is 11.9. The Balaban J connectivity index is 1.58. The molecule has 1 amide bonds. The SMILES string of the molecule is Cc1ccccc1C(=O)N1N=C(c2c(-c3ccccc3)c3cc(Br)ccc3[nH]c2=O)C[C@@H]1c1ccco1. The third-order valence-corrected chi connectivity index (χ3v) is 7.19. The molecule has 0 bridgehead atoms. The highest BCUT2D eigenvalue weighted by Gasteiger charge is 2.37. The summed E-state index contributed by atoms with van der Waals surface area (Å²) in [6.07, 6.45) is 1.92. The molecule has 0 radical (unpaired) electrons. The number of carbonyl (C=O) groups is 1. The smallest absolute Gasteiger partial charge is 0.274 e. The van der Waals surface area contributed by atoms with Gasteiger partial charge in [0, 0.05) is 32.9 Å². The molecule has 1 atom stereocenters. The number of aryl methyl sites for hydroxylation is 1. The normalized spacial score (nSPS) is 15.2. The van der Waals surface area contributed by atoms with Crippen LogP contribution >= 0.6 is 15.9 Å². The number of aromatic nitrogens is 1. The summed E-state index contributed by atoms with van der Waals surface area (Å²) < 4.78 is 6.62. The number of aromatic amines is 1. The monoisotopic (exact) mass is 551 g/mol. The molecule has 0 saturated carbocycles. The molecule has 2 aromatic heterocycles. The summed E-state index contributed by atoms with van der Waals surface area (Å²) in [6, 6.07) is 26.1. The molecule has 3 aromatic carbocycles. The zero-order valence-electron chi connectivity index (χ0n) is 19.9. The second kappa shape index (κ2) is 9.33. The van der Waals surface area contributed by atoms with E-state index < -0.39 is 6.04 Å². The van der Waals surface area contributed by atoms with E-state index in [0.717, 1.165) is 32.1 Å². The fraction of sp³-hybridized carbons (Fsp3) is 0.100. The fourth-order valence-electron chi connectivity index (χ4n) is 4.93. The lowest BCUT2D eigenvalue weighted by molar-refractivity contribution is 0.0692. The van der Waals surface area contributed by atoms with E-state index in [4.69, 9.17) is 9.52 Å². The van der Waals surface area contributed by atoms with Crippen LogP contribution in [0, 0.1) is 6.92 Å². The first-order chi connectivity index (χ1) is 18.0. The van der Waals surface area contributed by atoms with Crippen molar-refractivity contribution >= 4 is 38.5 Å². The van der Waals surface area contributed by atoms with E-state index in [0.29, 0.717) is 29.0 Å². The largest absolute Gasteiger partial charge is 0.467 e. The topological polar surface area (TPSA) is 78.7 Å². The zero-order chi connectivity index (χ0) is 25.5. The number of carbonyl (C=O) groups excluding carboxylic acids is 1. The quantitative estimate of drug-likeness (QED) is 0.265. The van der Waals surface area contributed by atoms with Crippen molar-refractivity contribution in [1.29, 1.82) is 0 Å². The van der Waals surface area contributed by atoms with Gasteiger partial charge >= 0.3 is 0 Å². The number of nitrogens with zero attached hydrogens (tertiary/aromatic N) is 2. The van der Waals surface area contributed by atoms with Crippen LogP contribution in [0.5, 0.6) is 0 Å². The second-order valence-corrected chi connectivity index (χ2v) is 9.92. The Bertz CT molecular complexity index is 1720. The molecule has 5 aromatic rings. The number of fused-ring (bicyclic) bond motifs is 1. The van der Waals surface area contributed by atoms with Gasteiger partial charge in [0.1, 0.15) is 11.8 Å². The van der Waals surface area contributed by atoms with Crippen molar-refractivity contribution in [3.63, 3.8) is 0 Å². The average molecular weight is 552 g/mol. The van der Waals surface area contributed by atoms with Gasteiger partial charge in [0.05, 0.1) is 17.5 Å². The van der Waals surface area contributed by atoms with Crippen molar-refractivity contribution in [3.8, 4) is 11.1 Å². The Morgan fingerprint density at radius 3 is 2.54 bits per heavy atom. The van der Waals surface area contributed by atoms with E-state index in [1.807, 2.05) is 79.7 Å². The number of hydrogen-bond acceptors (Lipinski definition) is 4. The predicted molar refractivity (Wildman–Crippen MR) is 148 cm³/mol. The van der Waals surface area contributed by atoms with Gasteiger partial charge in [0.2, 0.25) is 0 Å². The molecule has 37 heavy (non-hydrogen) atoms. The van der Waals surface area contributed by atoms with Gasteiger partial charge in [-0.25, -0.2) is 5.01 Å². The standard InChI is InChI=1S/C30H22BrN3O3/c1-18-8-5-6-11-21(18)30(36)34-25(26-12-7-15-37-26)17-24(33-34)28-27(19-9-3-2-4-10-19)22-16-20(31)13-14-23(22)32-29(28)35/h2-16,25H,17H2,1H3,(H,32,35)/t25-/m1/s1. The van der Waals surface area contributed by atoms with E-state index in [2.05, 4.69) is 20.9 Å². The number of hydrazone groups is 1. The minimum Gasteiger partial charge on any atom is -0.467 e. The molecule has 1 aliphatic heterocycles. The molecule has 1 N–H and O–H groups in total. The van der Waals surface area contributed by atoms with Crippen LogP contribution in [0.3, 0.4) is 0 Å². The van der Waals surface area contributed by atoms with Crippen LogP contribution in [0.2, 0.25) is 0 Å². The van der Waals surface area contributed by atoms with Crippen molar-refractivity contribution in [1.82, 2.24) is 9.99 Å². The lowest BCUT2D eigenvalue weighted by Gasteiger charge is -2.20. The summed E-state index contributed by atoms with van der Waals surface area (Å²) in [5.41, 5.74) is 4.55. The maximum absolute atomic E-state index is 13.7. The third-order valence-electron chi connectivity index (χ3n) is 6.69. The first-order valence-corrected chi connectivity index (χ1v) is 12.7. The minimum absolute atomic E-state index is 0.240. The third kappa shape index (κ3) is 4.11. The van der Waals surface area contributed by atoms with Gasteiger partial charge in [-0.3, -0.25) is 9.59 Å². The Labute approximate surface area is 221 Å². The number of furan rings is 1. The van der Waals surface area contributed by atoms with Gasteiger partial charge in [0.15, 0.2) is 0 Å². The zero-order valence-corrected chi connectivity index (χ0v) is 21.5. The van der Waals surface area contributed by atoms with Crippen molar-refractivity contribution in [2.75, 3.05) is 0 Å². The number of amides is 1. The van der Waals surface area contributed by atoms with Gasteiger partial charge in [0.25, 0.3) is 11.5 Å². The summed E-state index contributed by atoms with van der Waals surface area (Å²) >= 11 is 3.58. The molecule has 182 valence electrons. The summed E-state index contributed by atoms with van der Waals surface area (Å²) in [7, 11) is 0. The summed E-state index contributed by atoms with van der Waals surface area (Å²) in [6.45, 7) is 1.90. The van der Waals surface area contributed by atoms with Crippen molar-refractivity contribution < 1.29 is 9.21 Å². The Kier molecular flexibility index (Phi) is 5.85. The number of H-pyrrole nitrogens is 1. The molecule has 0 spiro atoms. The van der Waals surface area contributed by atoms with Gasteiger partial charge in [-0.05, 0) is 54.4 Å². The lowest BCUT2D eigenvalue weighted by Crippen LogP contribution is -2.27. The molecular formula is C30H22BrN3O3. The molecule has 6 rings (SSSR count). The van der Waals surface area contributed by atoms with Crippen LogP contribution in [0.1, 0.15) is 39.7 Å². The maximum atomic E-state index is 13.7. The average Bonchev–Trinajstić information content (AvgIpc) is 3.59. The van der Waals surface area contributed by atoms with E-state index in [-0.39, 0.29) is 11.5 Å². The van der Waals surface area contributed by atoms with Crippen LogP contribution in [-0.4, -0.2) is 21.6 Å². The van der Waals surface area contributed by atoms with Crippen LogP contribution < -0.4 is 5.56 Å². The van der Waals surface area contributed by atoms with Gasteiger partial charge < -0.3 is 9.40 Å². The van der Waals surface area contributed by atoms with Gasteiger partial charge in [-0.15, -0.1) is 0 Å². The molecule has 7 heteroatoms. The summed E-state index contributed by atoms with van der Waals surface area (Å²) in [5, 5.41) is 7.14. The number of hydrogen-bond donors (Lipinski definition) is 1. The highest BCUT2D eigenvalue weighted by atomic mass is 79.9. The van der Waals surface area contributed by atoms with Crippen LogP contribution in [0.15, 0.2) is 110 Å². The van der Waals surface area contributed by atoms with Gasteiger partial charge in [-0.1, -0.05) is 64.5 Å². The predicted octanol–water partition coefficient (Wildman–Crippen LogP) is 6.85. The van der Waals surface area contributed by atoms with E-state index in [9.17, 15) is 9.59 Å². The molecule has 6 nitrogen and oxygen atoms in total.